The summed E-state index contributed by atoms with van der Waals surface area (Å²) in [5, 5.41) is 0. The van der Waals surface area contributed by atoms with E-state index in [0.717, 1.165) is 18.7 Å². The second kappa shape index (κ2) is 3.95. The Morgan fingerprint density at radius 1 is 1.25 bits per heavy atom. The van der Waals surface area contributed by atoms with Gasteiger partial charge in [-0.1, -0.05) is 24.3 Å². The van der Waals surface area contributed by atoms with Gasteiger partial charge in [0.25, 0.3) is 0 Å². The zero-order valence-corrected chi connectivity index (χ0v) is 11.3. The van der Waals surface area contributed by atoms with Gasteiger partial charge in [-0.2, -0.15) is 0 Å². The van der Waals surface area contributed by atoms with Crippen LogP contribution in [-0.4, -0.2) is 29.3 Å². The van der Waals surface area contributed by atoms with E-state index in [2.05, 4.69) is 17.0 Å². The summed E-state index contributed by atoms with van der Waals surface area (Å²) in [7, 11) is 0. The molecule has 4 rings (SSSR count). The lowest BCUT2D eigenvalue weighted by molar-refractivity contribution is -0.140. The van der Waals surface area contributed by atoms with Crippen LogP contribution in [-0.2, 0) is 20.7 Å². The highest BCUT2D eigenvalue weighted by atomic mass is 16.5. The third-order valence-corrected chi connectivity index (χ3v) is 4.51. The maximum atomic E-state index is 12.3. The molecule has 0 aliphatic carbocycles. The molecule has 0 fully saturated rings. The molecule has 2 atom stereocenters. The van der Waals surface area contributed by atoms with Crippen molar-refractivity contribution in [3.63, 3.8) is 0 Å². The van der Waals surface area contributed by atoms with Crippen LogP contribution >= 0.6 is 0 Å². The van der Waals surface area contributed by atoms with Crippen molar-refractivity contribution in [3.05, 3.63) is 46.7 Å². The number of nitrogens with zero attached hydrogens (tertiary/aromatic N) is 1. The highest BCUT2D eigenvalue weighted by Gasteiger charge is 2.46. The van der Waals surface area contributed by atoms with Gasteiger partial charge < -0.3 is 9.64 Å². The Bertz CT molecular complexity index is 661. The minimum absolute atomic E-state index is 0.0585. The summed E-state index contributed by atoms with van der Waals surface area (Å²) in [5.41, 5.74) is 3.60. The van der Waals surface area contributed by atoms with Gasteiger partial charge >= 0.3 is 5.97 Å². The Labute approximate surface area is 117 Å². The lowest BCUT2D eigenvalue weighted by Gasteiger charge is -2.42. The molecule has 1 aromatic rings. The van der Waals surface area contributed by atoms with Crippen molar-refractivity contribution in [3.8, 4) is 0 Å². The summed E-state index contributed by atoms with van der Waals surface area (Å²) < 4.78 is 5.24. The van der Waals surface area contributed by atoms with Crippen LogP contribution in [0.25, 0.3) is 0 Å². The molecule has 0 N–H and O–H groups in total. The zero-order chi connectivity index (χ0) is 13.9. The van der Waals surface area contributed by atoms with Crippen LogP contribution in [0.15, 0.2) is 35.5 Å². The van der Waals surface area contributed by atoms with Crippen LogP contribution in [0.2, 0.25) is 0 Å². The first-order valence-electron chi connectivity index (χ1n) is 6.99. The van der Waals surface area contributed by atoms with Crippen molar-refractivity contribution >= 4 is 11.8 Å². The SMILES string of the molecule is C[C@H]1OC(=O)C2=C1N1CCc3ccccc3[C@H]1CC2=O. The van der Waals surface area contributed by atoms with Crippen molar-refractivity contribution < 1.29 is 14.3 Å². The van der Waals surface area contributed by atoms with E-state index in [1.165, 1.54) is 11.1 Å². The quantitative estimate of drug-likeness (QED) is 0.532. The number of ketones is 1. The van der Waals surface area contributed by atoms with E-state index < -0.39 is 5.97 Å². The fourth-order valence-electron chi connectivity index (χ4n) is 3.65. The molecule has 3 aliphatic heterocycles. The highest BCUT2D eigenvalue weighted by molar-refractivity contribution is 6.20. The Morgan fingerprint density at radius 2 is 2.05 bits per heavy atom. The maximum absolute atomic E-state index is 12.3. The average Bonchev–Trinajstić information content (AvgIpc) is 2.75. The number of benzene rings is 1. The lowest BCUT2D eigenvalue weighted by Crippen LogP contribution is -2.42. The Balaban J connectivity index is 1.86. The van der Waals surface area contributed by atoms with E-state index in [1.54, 1.807) is 0 Å². The number of carbonyl (C=O) groups is 2. The lowest BCUT2D eigenvalue weighted by atomic mass is 9.84. The smallest absolute Gasteiger partial charge is 0.344 e. The van der Waals surface area contributed by atoms with E-state index >= 15 is 0 Å². The zero-order valence-electron chi connectivity index (χ0n) is 11.3. The van der Waals surface area contributed by atoms with Crippen LogP contribution in [0.1, 0.15) is 30.5 Å². The molecular formula is C16H15NO3. The molecule has 0 aromatic heterocycles. The second-order valence-electron chi connectivity index (χ2n) is 5.59. The molecule has 4 heteroatoms. The van der Waals surface area contributed by atoms with Gasteiger partial charge in [-0.05, 0) is 24.5 Å². The predicted octanol–water partition coefficient (Wildman–Crippen LogP) is 1.76. The molecule has 4 nitrogen and oxygen atoms in total. The summed E-state index contributed by atoms with van der Waals surface area (Å²) in [6, 6.07) is 8.32. The molecule has 0 unspecified atom stereocenters. The van der Waals surface area contributed by atoms with Gasteiger partial charge in [-0.15, -0.1) is 0 Å². The van der Waals surface area contributed by atoms with E-state index in [9.17, 15) is 9.59 Å². The molecular weight excluding hydrogens is 254 g/mol. The van der Waals surface area contributed by atoms with Gasteiger partial charge in [-0.25, -0.2) is 4.79 Å². The number of hydrogen-bond acceptors (Lipinski definition) is 4. The minimum atomic E-state index is -0.449. The standard InChI is InChI=1S/C16H15NO3/c1-9-15-14(16(19)20-9)13(18)8-12-11-5-3-2-4-10(11)6-7-17(12)15/h2-5,9,12H,6-8H2,1H3/t9-,12-/m1/s1. The van der Waals surface area contributed by atoms with Gasteiger partial charge in [0.2, 0.25) is 0 Å². The number of cyclic esters (lactones) is 1. The monoisotopic (exact) mass is 269 g/mol. The Hall–Kier alpha value is -2.10. The summed E-state index contributed by atoms with van der Waals surface area (Å²) >= 11 is 0. The molecule has 102 valence electrons. The van der Waals surface area contributed by atoms with Crippen molar-refractivity contribution in [2.24, 2.45) is 0 Å². The van der Waals surface area contributed by atoms with E-state index in [0.29, 0.717) is 6.42 Å². The fourth-order valence-corrected chi connectivity index (χ4v) is 3.65. The molecule has 0 saturated heterocycles. The Morgan fingerprint density at radius 3 is 2.90 bits per heavy atom. The summed E-state index contributed by atoms with van der Waals surface area (Å²) in [4.78, 5) is 26.3. The van der Waals surface area contributed by atoms with Crippen LogP contribution in [0, 0.1) is 0 Å². The van der Waals surface area contributed by atoms with Crippen molar-refractivity contribution in [1.82, 2.24) is 4.90 Å². The number of rotatable bonds is 0. The number of ether oxygens (including phenoxy) is 1. The third kappa shape index (κ3) is 1.42. The summed E-state index contributed by atoms with van der Waals surface area (Å²) in [5.74, 6) is -0.526. The van der Waals surface area contributed by atoms with Gasteiger partial charge in [0.05, 0.1) is 11.7 Å². The number of carbonyl (C=O) groups excluding carboxylic acids is 2. The first kappa shape index (κ1) is 11.7. The number of hydrogen-bond donors (Lipinski definition) is 0. The third-order valence-electron chi connectivity index (χ3n) is 4.51. The minimum Gasteiger partial charge on any atom is -0.452 e. The van der Waals surface area contributed by atoms with E-state index in [4.69, 9.17) is 4.74 Å². The van der Waals surface area contributed by atoms with Gasteiger partial charge in [0.15, 0.2) is 5.78 Å². The van der Waals surface area contributed by atoms with Crippen LogP contribution in [0.3, 0.4) is 0 Å². The molecule has 20 heavy (non-hydrogen) atoms. The molecule has 0 saturated carbocycles. The van der Waals surface area contributed by atoms with Crippen LogP contribution < -0.4 is 0 Å². The highest BCUT2D eigenvalue weighted by Crippen LogP contribution is 2.43. The molecule has 0 spiro atoms. The molecule has 3 heterocycles. The van der Waals surface area contributed by atoms with Crippen molar-refractivity contribution in [1.29, 1.82) is 0 Å². The van der Waals surface area contributed by atoms with Gasteiger partial charge in [-0.3, -0.25) is 4.79 Å². The van der Waals surface area contributed by atoms with Crippen LogP contribution in [0.5, 0.6) is 0 Å². The van der Waals surface area contributed by atoms with Gasteiger partial charge in [0.1, 0.15) is 11.7 Å². The van der Waals surface area contributed by atoms with Crippen molar-refractivity contribution in [2.75, 3.05) is 6.54 Å². The fraction of sp³-hybridized carbons (Fsp3) is 0.375. The second-order valence-corrected chi connectivity index (χ2v) is 5.59. The molecule has 1 aromatic carbocycles. The largest absolute Gasteiger partial charge is 0.452 e. The Kier molecular flexibility index (Phi) is 2.31. The average molecular weight is 269 g/mol. The van der Waals surface area contributed by atoms with E-state index in [1.807, 2.05) is 19.1 Å². The normalized spacial score (nSPS) is 27.9. The van der Waals surface area contributed by atoms with Gasteiger partial charge in [0, 0.05) is 13.0 Å². The topological polar surface area (TPSA) is 46.6 Å². The molecule has 0 amide bonds. The molecule has 0 radical (unpaired) electrons. The summed E-state index contributed by atoms with van der Waals surface area (Å²) in [6.45, 7) is 2.69. The summed E-state index contributed by atoms with van der Waals surface area (Å²) in [6.07, 6.45) is 1.01. The molecule has 3 aliphatic rings. The molecule has 0 bridgehead atoms. The maximum Gasteiger partial charge on any atom is 0.344 e. The first-order chi connectivity index (χ1) is 9.66. The number of fused-ring (bicyclic) bond motifs is 4. The van der Waals surface area contributed by atoms with Crippen molar-refractivity contribution in [2.45, 2.75) is 31.9 Å². The number of esters is 1. The predicted molar refractivity (Wildman–Crippen MR) is 71.8 cm³/mol. The van der Waals surface area contributed by atoms with Crippen LogP contribution in [0.4, 0.5) is 0 Å². The van der Waals surface area contributed by atoms with E-state index in [-0.39, 0.29) is 23.5 Å². The first-order valence-corrected chi connectivity index (χ1v) is 6.99. The number of Topliss-reactive ketones (excluding diaryl/α,β-unsaturated/α-hetero) is 1.